The summed E-state index contributed by atoms with van der Waals surface area (Å²) < 4.78 is 1.11. The molecular formula is C14H20BrNO. The molecule has 0 radical (unpaired) electrons. The Labute approximate surface area is 111 Å². The fourth-order valence-electron chi connectivity index (χ4n) is 2.78. The van der Waals surface area contributed by atoms with Crippen molar-refractivity contribution in [2.75, 3.05) is 0 Å². The van der Waals surface area contributed by atoms with Gasteiger partial charge in [-0.1, -0.05) is 15.9 Å². The summed E-state index contributed by atoms with van der Waals surface area (Å²) in [6.45, 7) is 8.10. The summed E-state index contributed by atoms with van der Waals surface area (Å²) in [5, 5.41) is 10.4. The molecule has 0 bridgehead atoms. The molecule has 17 heavy (non-hydrogen) atoms. The molecule has 0 aromatic heterocycles. The van der Waals surface area contributed by atoms with E-state index in [0.717, 1.165) is 39.6 Å². The molecule has 94 valence electrons. The van der Waals surface area contributed by atoms with Crippen molar-refractivity contribution in [3.63, 3.8) is 0 Å². The third-order valence-corrected chi connectivity index (χ3v) is 5.54. The molecule has 3 heteroatoms. The third-order valence-electron chi connectivity index (χ3n) is 4.35. The average Bonchev–Trinajstić information content (AvgIpc) is 3.05. The van der Waals surface area contributed by atoms with E-state index in [2.05, 4.69) is 22.9 Å². The Morgan fingerprint density at radius 2 is 1.71 bits per heavy atom. The molecule has 1 aromatic carbocycles. The second kappa shape index (κ2) is 3.99. The predicted octanol–water partition coefficient (Wildman–Crippen LogP) is 3.46. The van der Waals surface area contributed by atoms with Crippen molar-refractivity contribution in [3.05, 3.63) is 26.7 Å². The molecular weight excluding hydrogens is 278 g/mol. The van der Waals surface area contributed by atoms with E-state index in [4.69, 9.17) is 5.73 Å². The molecule has 0 spiro atoms. The van der Waals surface area contributed by atoms with Crippen LogP contribution in [0.15, 0.2) is 4.47 Å². The number of benzene rings is 1. The first kappa shape index (κ1) is 12.9. The number of aromatic hydroxyl groups is 1. The van der Waals surface area contributed by atoms with Gasteiger partial charge in [0.1, 0.15) is 5.75 Å². The minimum atomic E-state index is -0.00481. The molecule has 1 aliphatic carbocycles. The number of phenolic OH excluding ortho intramolecular Hbond substituents is 1. The normalized spacial score (nSPS) is 19.2. The third kappa shape index (κ3) is 1.71. The molecule has 1 atom stereocenters. The van der Waals surface area contributed by atoms with Gasteiger partial charge in [0.25, 0.3) is 0 Å². The fourth-order valence-corrected chi connectivity index (χ4v) is 3.27. The lowest BCUT2D eigenvalue weighted by atomic mass is 9.83. The zero-order valence-electron chi connectivity index (χ0n) is 10.9. The topological polar surface area (TPSA) is 46.2 Å². The molecule has 1 aromatic rings. The summed E-state index contributed by atoms with van der Waals surface area (Å²) in [4.78, 5) is 0. The summed E-state index contributed by atoms with van der Waals surface area (Å²) in [6.07, 6.45) is 2.15. The molecule has 1 fully saturated rings. The van der Waals surface area contributed by atoms with Crippen LogP contribution in [-0.4, -0.2) is 11.1 Å². The highest BCUT2D eigenvalue weighted by molar-refractivity contribution is 9.10. The van der Waals surface area contributed by atoms with Crippen molar-refractivity contribution in [3.8, 4) is 5.75 Å². The standard InChI is InChI=1S/C14H20BrNO/c1-7-8(2)13(17)11(9(3)12(7)15)14(5-6-14)10(4)16/h10,17H,5-6,16H2,1-4H3. The smallest absolute Gasteiger partial charge is 0.122 e. The maximum atomic E-state index is 10.4. The largest absolute Gasteiger partial charge is 0.507 e. The quantitative estimate of drug-likeness (QED) is 0.878. The second-order valence-electron chi connectivity index (χ2n) is 5.36. The number of halogens is 1. The molecule has 0 heterocycles. The van der Waals surface area contributed by atoms with Gasteiger partial charge in [0, 0.05) is 21.5 Å². The lowest BCUT2D eigenvalue weighted by molar-refractivity contribution is 0.440. The van der Waals surface area contributed by atoms with Crippen LogP contribution < -0.4 is 5.73 Å². The Hall–Kier alpha value is -0.540. The van der Waals surface area contributed by atoms with Gasteiger partial charge in [0.15, 0.2) is 0 Å². The highest BCUT2D eigenvalue weighted by atomic mass is 79.9. The van der Waals surface area contributed by atoms with Crippen molar-refractivity contribution in [1.82, 2.24) is 0 Å². The van der Waals surface area contributed by atoms with Crippen LogP contribution in [0.3, 0.4) is 0 Å². The lowest BCUT2D eigenvalue weighted by Crippen LogP contribution is -2.32. The number of hydrogen-bond acceptors (Lipinski definition) is 2. The number of nitrogens with two attached hydrogens (primary N) is 1. The average molecular weight is 298 g/mol. The van der Waals surface area contributed by atoms with E-state index in [0.29, 0.717) is 5.75 Å². The van der Waals surface area contributed by atoms with Crippen molar-refractivity contribution >= 4 is 15.9 Å². The van der Waals surface area contributed by atoms with Crippen LogP contribution in [0.2, 0.25) is 0 Å². The van der Waals surface area contributed by atoms with Crippen LogP contribution in [-0.2, 0) is 5.41 Å². The summed E-state index contributed by atoms with van der Waals surface area (Å²) >= 11 is 3.63. The Kier molecular flexibility index (Phi) is 3.03. The van der Waals surface area contributed by atoms with E-state index >= 15 is 0 Å². The minimum absolute atomic E-state index is 0.00481. The van der Waals surface area contributed by atoms with Crippen molar-refractivity contribution in [2.45, 2.75) is 52.0 Å². The van der Waals surface area contributed by atoms with Gasteiger partial charge < -0.3 is 10.8 Å². The van der Waals surface area contributed by atoms with Crippen LogP contribution in [0.25, 0.3) is 0 Å². The first-order valence-electron chi connectivity index (χ1n) is 6.07. The monoisotopic (exact) mass is 297 g/mol. The first-order valence-corrected chi connectivity index (χ1v) is 6.86. The molecule has 3 N–H and O–H groups in total. The molecule has 1 saturated carbocycles. The molecule has 2 rings (SSSR count). The number of phenols is 1. The second-order valence-corrected chi connectivity index (χ2v) is 6.15. The SMILES string of the molecule is Cc1c(C)c(Br)c(C)c(C2(C(C)N)CC2)c1O. The summed E-state index contributed by atoms with van der Waals surface area (Å²) in [7, 11) is 0. The minimum Gasteiger partial charge on any atom is -0.507 e. The van der Waals surface area contributed by atoms with Gasteiger partial charge in [-0.3, -0.25) is 0 Å². The number of rotatable bonds is 2. The van der Waals surface area contributed by atoms with Gasteiger partial charge in [-0.2, -0.15) is 0 Å². The maximum Gasteiger partial charge on any atom is 0.122 e. The maximum absolute atomic E-state index is 10.4. The number of hydrogen-bond donors (Lipinski definition) is 2. The molecule has 1 aliphatic rings. The Morgan fingerprint density at radius 3 is 2.12 bits per heavy atom. The van der Waals surface area contributed by atoms with Gasteiger partial charge in [-0.05, 0) is 57.2 Å². The lowest BCUT2D eigenvalue weighted by Gasteiger charge is -2.26. The van der Waals surface area contributed by atoms with Gasteiger partial charge in [-0.15, -0.1) is 0 Å². The molecule has 1 unspecified atom stereocenters. The van der Waals surface area contributed by atoms with Gasteiger partial charge in [0.05, 0.1) is 0 Å². The van der Waals surface area contributed by atoms with Crippen molar-refractivity contribution in [1.29, 1.82) is 0 Å². The van der Waals surface area contributed by atoms with E-state index in [1.807, 2.05) is 20.8 Å². The van der Waals surface area contributed by atoms with E-state index in [9.17, 15) is 5.11 Å². The fraction of sp³-hybridized carbons (Fsp3) is 0.571. The molecule has 2 nitrogen and oxygen atoms in total. The van der Waals surface area contributed by atoms with Crippen LogP contribution in [0, 0.1) is 20.8 Å². The summed E-state index contributed by atoms with van der Waals surface area (Å²) in [5.41, 5.74) is 10.4. The van der Waals surface area contributed by atoms with Crippen LogP contribution in [0.5, 0.6) is 5.75 Å². The van der Waals surface area contributed by atoms with Crippen LogP contribution >= 0.6 is 15.9 Å². The molecule has 0 aliphatic heterocycles. The van der Waals surface area contributed by atoms with E-state index in [1.54, 1.807) is 0 Å². The van der Waals surface area contributed by atoms with Crippen molar-refractivity contribution < 1.29 is 5.11 Å². The Bertz CT molecular complexity index is 447. The zero-order chi connectivity index (χ0) is 13.0. The highest BCUT2D eigenvalue weighted by Crippen LogP contribution is 2.56. The molecule has 0 saturated heterocycles. The Balaban J connectivity index is 2.71. The Morgan fingerprint density at radius 1 is 1.18 bits per heavy atom. The van der Waals surface area contributed by atoms with Crippen LogP contribution in [0.4, 0.5) is 0 Å². The summed E-state index contributed by atoms with van der Waals surface area (Å²) in [6, 6.07) is 0.0844. The van der Waals surface area contributed by atoms with E-state index in [-0.39, 0.29) is 11.5 Å². The molecule has 0 amide bonds. The van der Waals surface area contributed by atoms with Crippen LogP contribution in [0.1, 0.15) is 42.0 Å². The van der Waals surface area contributed by atoms with Gasteiger partial charge in [0.2, 0.25) is 0 Å². The van der Waals surface area contributed by atoms with Gasteiger partial charge in [-0.25, -0.2) is 0 Å². The van der Waals surface area contributed by atoms with Gasteiger partial charge >= 0.3 is 0 Å². The van der Waals surface area contributed by atoms with E-state index < -0.39 is 0 Å². The van der Waals surface area contributed by atoms with E-state index in [1.165, 1.54) is 0 Å². The zero-order valence-corrected chi connectivity index (χ0v) is 12.5. The van der Waals surface area contributed by atoms with Crippen molar-refractivity contribution in [2.24, 2.45) is 5.73 Å². The highest BCUT2D eigenvalue weighted by Gasteiger charge is 2.50. The first-order chi connectivity index (χ1) is 7.83. The summed E-state index contributed by atoms with van der Waals surface area (Å²) in [5.74, 6) is 0.443. The predicted molar refractivity (Wildman–Crippen MR) is 74.6 cm³/mol.